The van der Waals surface area contributed by atoms with E-state index in [4.69, 9.17) is 17.3 Å². The monoisotopic (exact) mass is 295 g/mol. The summed E-state index contributed by atoms with van der Waals surface area (Å²) < 4.78 is 2.23. The molecule has 0 amide bonds. The fraction of sp³-hybridized carbons (Fsp3) is 0.357. The Morgan fingerprint density at radius 3 is 2.58 bits per heavy atom. The van der Waals surface area contributed by atoms with Crippen molar-refractivity contribution in [1.82, 2.24) is 9.55 Å². The topological polar surface area (TPSA) is 43.8 Å². The van der Waals surface area contributed by atoms with Gasteiger partial charge in [0, 0.05) is 22.3 Å². The molecule has 0 bridgehead atoms. The van der Waals surface area contributed by atoms with Crippen molar-refractivity contribution in [2.75, 3.05) is 5.73 Å². The predicted octanol–water partition coefficient (Wildman–Crippen LogP) is 4.47. The first-order valence-corrected chi connectivity index (χ1v) is 7.38. The van der Waals surface area contributed by atoms with Crippen molar-refractivity contribution in [3.05, 3.63) is 34.6 Å². The highest BCUT2D eigenvalue weighted by atomic mass is 35.5. The van der Waals surface area contributed by atoms with Gasteiger partial charge in [0.05, 0.1) is 10.7 Å². The quantitative estimate of drug-likeness (QED) is 0.850. The molecule has 2 N–H and O–H groups in total. The molecule has 0 fully saturated rings. The summed E-state index contributed by atoms with van der Waals surface area (Å²) in [5.74, 6) is 0. The number of rotatable bonds is 3. The zero-order valence-electron chi connectivity index (χ0n) is 11.6. The molecule has 1 aromatic heterocycles. The molecule has 0 aliphatic rings. The Morgan fingerprint density at radius 2 is 2.00 bits per heavy atom. The number of nitrogen functional groups attached to an aromatic ring is 1. The number of benzene rings is 1. The van der Waals surface area contributed by atoms with Crippen LogP contribution in [0.4, 0.5) is 5.69 Å². The molecule has 2 aromatic rings. The van der Waals surface area contributed by atoms with Crippen LogP contribution in [0.1, 0.15) is 31.3 Å². The van der Waals surface area contributed by atoms with E-state index in [1.807, 2.05) is 19.1 Å². The molecule has 0 unspecified atom stereocenters. The van der Waals surface area contributed by atoms with Crippen LogP contribution in [0, 0.1) is 13.8 Å². The molecule has 0 spiro atoms. The molecule has 3 nitrogen and oxygen atoms in total. The van der Waals surface area contributed by atoms with Gasteiger partial charge in [0.15, 0.2) is 5.16 Å². The van der Waals surface area contributed by atoms with E-state index in [0.29, 0.717) is 16.8 Å². The SMILES string of the molecule is Cc1nc(Sc2ccc(N)cc2Cl)n(C(C)C)c1C. The highest BCUT2D eigenvalue weighted by molar-refractivity contribution is 7.99. The summed E-state index contributed by atoms with van der Waals surface area (Å²) in [6, 6.07) is 5.94. The first kappa shape index (κ1) is 14.3. The highest BCUT2D eigenvalue weighted by Crippen LogP contribution is 2.35. The molecular weight excluding hydrogens is 278 g/mol. The van der Waals surface area contributed by atoms with E-state index < -0.39 is 0 Å². The van der Waals surface area contributed by atoms with E-state index in [1.54, 1.807) is 17.8 Å². The minimum absolute atomic E-state index is 0.372. The van der Waals surface area contributed by atoms with Crippen molar-refractivity contribution < 1.29 is 0 Å². The second-order valence-corrected chi connectivity index (χ2v) is 6.24. The largest absolute Gasteiger partial charge is 0.399 e. The van der Waals surface area contributed by atoms with Crippen LogP contribution < -0.4 is 5.73 Å². The molecule has 2 rings (SSSR count). The first-order valence-electron chi connectivity index (χ1n) is 6.18. The molecule has 0 saturated carbocycles. The van der Waals surface area contributed by atoms with Gasteiger partial charge in [-0.1, -0.05) is 23.4 Å². The number of aromatic nitrogens is 2. The molecule has 0 aliphatic heterocycles. The summed E-state index contributed by atoms with van der Waals surface area (Å²) in [6.45, 7) is 8.44. The highest BCUT2D eigenvalue weighted by Gasteiger charge is 2.15. The Hall–Kier alpha value is -1.13. The molecule has 0 radical (unpaired) electrons. The molecule has 0 aliphatic carbocycles. The van der Waals surface area contributed by atoms with Gasteiger partial charge in [-0.15, -0.1) is 0 Å². The van der Waals surface area contributed by atoms with Gasteiger partial charge in [0.25, 0.3) is 0 Å². The molecule has 5 heteroatoms. The van der Waals surface area contributed by atoms with Gasteiger partial charge in [-0.2, -0.15) is 0 Å². The average molecular weight is 296 g/mol. The van der Waals surface area contributed by atoms with Crippen LogP contribution in [0.5, 0.6) is 0 Å². The number of nitrogens with two attached hydrogens (primary N) is 1. The van der Waals surface area contributed by atoms with Crippen molar-refractivity contribution >= 4 is 29.1 Å². The van der Waals surface area contributed by atoms with Crippen LogP contribution in [-0.4, -0.2) is 9.55 Å². The summed E-state index contributed by atoms with van der Waals surface area (Å²) in [5, 5.41) is 1.63. The molecule has 0 saturated heterocycles. The Morgan fingerprint density at radius 1 is 1.32 bits per heavy atom. The van der Waals surface area contributed by atoms with Gasteiger partial charge in [0.2, 0.25) is 0 Å². The smallest absolute Gasteiger partial charge is 0.173 e. The third-order valence-corrected chi connectivity index (χ3v) is 4.50. The minimum Gasteiger partial charge on any atom is -0.399 e. The Balaban J connectivity index is 2.41. The normalized spacial score (nSPS) is 11.3. The summed E-state index contributed by atoms with van der Waals surface area (Å²) in [4.78, 5) is 5.60. The van der Waals surface area contributed by atoms with Crippen molar-refractivity contribution in [2.24, 2.45) is 0 Å². The van der Waals surface area contributed by atoms with Gasteiger partial charge < -0.3 is 10.3 Å². The van der Waals surface area contributed by atoms with Crippen LogP contribution >= 0.6 is 23.4 Å². The van der Waals surface area contributed by atoms with Crippen molar-refractivity contribution in [1.29, 1.82) is 0 Å². The van der Waals surface area contributed by atoms with Crippen molar-refractivity contribution in [2.45, 2.75) is 43.8 Å². The van der Waals surface area contributed by atoms with Crippen LogP contribution in [-0.2, 0) is 0 Å². The van der Waals surface area contributed by atoms with Crippen molar-refractivity contribution in [3.63, 3.8) is 0 Å². The van der Waals surface area contributed by atoms with E-state index in [9.17, 15) is 0 Å². The van der Waals surface area contributed by atoms with E-state index in [0.717, 1.165) is 15.7 Å². The number of aryl methyl sites for hydroxylation is 1. The number of imidazole rings is 1. The van der Waals surface area contributed by atoms with Crippen LogP contribution in [0.2, 0.25) is 5.02 Å². The van der Waals surface area contributed by atoms with Crippen molar-refractivity contribution in [3.8, 4) is 0 Å². The minimum atomic E-state index is 0.372. The average Bonchev–Trinajstić information content (AvgIpc) is 2.58. The third-order valence-electron chi connectivity index (χ3n) is 3.03. The number of anilines is 1. The van der Waals surface area contributed by atoms with Crippen LogP contribution in [0.3, 0.4) is 0 Å². The van der Waals surface area contributed by atoms with Crippen LogP contribution in [0.25, 0.3) is 0 Å². The molecule has 102 valence electrons. The lowest BCUT2D eigenvalue weighted by atomic mass is 10.3. The molecule has 0 atom stereocenters. The zero-order chi connectivity index (χ0) is 14.2. The molecule has 19 heavy (non-hydrogen) atoms. The predicted molar refractivity (Wildman–Crippen MR) is 82.1 cm³/mol. The van der Waals surface area contributed by atoms with Gasteiger partial charge in [-0.3, -0.25) is 0 Å². The van der Waals surface area contributed by atoms with E-state index in [2.05, 4.69) is 30.3 Å². The second-order valence-electron chi connectivity index (χ2n) is 4.82. The fourth-order valence-corrected chi connectivity index (χ4v) is 3.40. The lowest BCUT2D eigenvalue weighted by molar-refractivity contribution is 0.537. The zero-order valence-corrected chi connectivity index (χ0v) is 13.1. The second kappa shape index (κ2) is 5.47. The summed E-state index contributed by atoms with van der Waals surface area (Å²) in [6.07, 6.45) is 0. The van der Waals surface area contributed by atoms with E-state index in [-0.39, 0.29) is 0 Å². The van der Waals surface area contributed by atoms with Gasteiger partial charge in [-0.05, 0) is 45.9 Å². The first-order chi connectivity index (χ1) is 8.90. The van der Waals surface area contributed by atoms with Crippen LogP contribution in [0.15, 0.2) is 28.3 Å². The molecule has 1 heterocycles. The summed E-state index contributed by atoms with van der Waals surface area (Å²) in [5.41, 5.74) is 8.64. The maximum atomic E-state index is 6.22. The summed E-state index contributed by atoms with van der Waals surface area (Å²) >= 11 is 7.80. The Kier molecular flexibility index (Phi) is 4.11. The van der Waals surface area contributed by atoms with E-state index >= 15 is 0 Å². The lowest BCUT2D eigenvalue weighted by Crippen LogP contribution is -2.04. The van der Waals surface area contributed by atoms with Gasteiger partial charge >= 0.3 is 0 Å². The number of hydrogen-bond acceptors (Lipinski definition) is 3. The van der Waals surface area contributed by atoms with Gasteiger partial charge in [-0.25, -0.2) is 4.98 Å². The third kappa shape index (κ3) is 2.90. The summed E-state index contributed by atoms with van der Waals surface area (Å²) in [7, 11) is 0. The number of halogens is 1. The Labute approximate surface area is 123 Å². The fourth-order valence-electron chi connectivity index (χ4n) is 1.97. The Bertz CT molecular complexity index is 605. The lowest BCUT2D eigenvalue weighted by Gasteiger charge is -2.14. The van der Waals surface area contributed by atoms with Gasteiger partial charge in [0.1, 0.15) is 0 Å². The van der Waals surface area contributed by atoms with E-state index in [1.165, 1.54) is 5.69 Å². The maximum Gasteiger partial charge on any atom is 0.173 e. The number of nitrogens with zero attached hydrogens (tertiary/aromatic N) is 2. The maximum absolute atomic E-state index is 6.22. The molecule has 1 aromatic carbocycles. The standard InChI is InChI=1S/C14H18ClN3S/c1-8(2)18-10(4)9(3)17-14(18)19-13-6-5-11(16)7-12(13)15/h5-8H,16H2,1-4H3. The number of hydrogen-bond donors (Lipinski definition) is 1. The molecular formula is C14H18ClN3S.